The van der Waals surface area contributed by atoms with Gasteiger partial charge in [0.05, 0.1) is 0 Å². The highest BCUT2D eigenvalue weighted by Crippen LogP contribution is 2.27. The molecule has 1 aliphatic rings. The molecule has 2 rings (SSSR count). The molecule has 2 N–H and O–H groups in total. The first-order valence-electron chi connectivity index (χ1n) is 4.31. The maximum atomic E-state index is 12.8. The van der Waals surface area contributed by atoms with Gasteiger partial charge in [-0.25, -0.2) is 4.39 Å². The summed E-state index contributed by atoms with van der Waals surface area (Å²) in [6.07, 6.45) is 3.08. The average molecular weight is 202 g/mol. The van der Waals surface area contributed by atoms with Gasteiger partial charge in [-0.1, -0.05) is 6.07 Å². The van der Waals surface area contributed by atoms with Gasteiger partial charge in [0.25, 0.3) is 0 Å². The van der Waals surface area contributed by atoms with Gasteiger partial charge in [0.2, 0.25) is 0 Å². The molecule has 13 heavy (non-hydrogen) atoms. The van der Waals surface area contributed by atoms with Crippen LogP contribution in [0.15, 0.2) is 18.2 Å². The molecule has 0 saturated carbocycles. The third kappa shape index (κ3) is 2.01. The van der Waals surface area contributed by atoms with Crippen LogP contribution in [0.3, 0.4) is 0 Å². The molecule has 0 aromatic heterocycles. The van der Waals surface area contributed by atoms with Gasteiger partial charge in [-0.05, 0) is 42.5 Å². The minimum absolute atomic E-state index is 0. The molecule has 0 radical (unpaired) electrons. The van der Waals surface area contributed by atoms with Crippen LogP contribution in [-0.4, -0.2) is 0 Å². The van der Waals surface area contributed by atoms with E-state index in [0.717, 1.165) is 30.4 Å². The third-order valence-electron chi connectivity index (χ3n) is 2.47. The number of rotatable bonds is 0. The van der Waals surface area contributed by atoms with Crippen LogP contribution in [0.1, 0.15) is 30.0 Å². The van der Waals surface area contributed by atoms with E-state index in [1.165, 1.54) is 6.07 Å². The van der Waals surface area contributed by atoms with E-state index >= 15 is 0 Å². The summed E-state index contributed by atoms with van der Waals surface area (Å²) in [5.41, 5.74) is 8.09. The molecule has 0 saturated heterocycles. The second-order valence-electron chi connectivity index (χ2n) is 3.34. The summed E-state index contributed by atoms with van der Waals surface area (Å²) in [6.45, 7) is 0. The van der Waals surface area contributed by atoms with E-state index in [1.54, 1.807) is 6.07 Å². The normalized spacial score (nSPS) is 20.3. The highest BCUT2D eigenvalue weighted by Gasteiger charge is 2.16. The molecule has 0 fully saturated rings. The van der Waals surface area contributed by atoms with Crippen LogP contribution >= 0.6 is 12.4 Å². The van der Waals surface area contributed by atoms with E-state index in [2.05, 4.69) is 0 Å². The van der Waals surface area contributed by atoms with Crippen molar-refractivity contribution in [1.82, 2.24) is 0 Å². The summed E-state index contributed by atoms with van der Waals surface area (Å²) in [5.74, 6) is -0.150. The molecule has 3 heteroatoms. The Bertz CT molecular complexity index is 301. The Labute approximate surface area is 83.5 Å². The van der Waals surface area contributed by atoms with Gasteiger partial charge in [0.1, 0.15) is 5.82 Å². The smallest absolute Gasteiger partial charge is 0.123 e. The van der Waals surface area contributed by atoms with Crippen molar-refractivity contribution in [3.8, 4) is 0 Å². The van der Waals surface area contributed by atoms with Gasteiger partial charge in [-0.2, -0.15) is 0 Å². The lowest BCUT2D eigenvalue weighted by molar-refractivity contribution is 0.560. The topological polar surface area (TPSA) is 26.0 Å². The monoisotopic (exact) mass is 201 g/mol. The molecule has 0 aliphatic heterocycles. The Balaban J connectivity index is 0.000000845. The zero-order valence-corrected chi connectivity index (χ0v) is 8.11. The van der Waals surface area contributed by atoms with Crippen molar-refractivity contribution in [2.45, 2.75) is 25.3 Å². The maximum absolute atomic E-state index is 12.8. The molecule has 72 valence electrons. The number of hydrogen-bond acceptors (Lipinski definition) is 1. The SMILES string of the molecule is Cl.N[C@H]1CCCc2cc(F)ccc21. The molecule has 1 aliphatic carbocycles. The van der Waals surface area contributed by atoms with Crippen LogP contribution in [0.25, 0.3) is 0 Å². The molecule has 1 nitrogen and oxygen atoms in total. The fourth-order valence-electron chi connectivity index (χ4n) is 1.82. The fourth-order valence-corrected chi connectivity index (χ4v) is 1.82. The van der Waals surface area contributed by atoms with Crippen LogP contribution < -0.4 is 5.73 Å². The first kappa shape index (κ1) is 10.5. The van der Waals surface area contributed by atoms with E-state index in [-0.39, 0.29) is 24.3 Å². The quantitative estimate of drug-likeness (QED) is 0.686. The van der Waals surface area contributed by atoms with Crippen molar-refractivity contribution < 1.29 is 4.39 Å². The highest BCUT2D eigenvalue weighted by molar-refractivity contribution is 5.85. The second kappa shape index (κ2) is 4.07. The van der Waals surface area contributed by atoms with Crippen LogP contribution in [-0.2, 0) is 6.42 Å². The highest BCUT2D eigenvalue weighted by atomic mass is 35.5. The first-order valence-corrected chi connectivity index (χ1v) is 4.31. The van der Waals surface area contributed by atoms with E-state index in [9.17, 15) is 4.39 Å². The summed E-state index contributed by atoms with van der Waals surface area (Å²) in [4.78, 5) is 0. The van der Waals surface area contributed by atoms with Gasteiger partial charge in [0, 0.05) is 6.04 Å². The predicted octanol–water partition coefficient (Wildman–Crippen LogP) is 2.58. The lowest BCUT2D eigenvalue weighted by atomic mass is 9.88. The molecule has 0 amide bonds. The molecular formula is C10H13ClFN. The average Bonchev–Trinajstić information content (AvgIpc) is 2.04. The molecule has 0 unspecified atom stereocenters. The Hall–Kier alpha value is -0.600. The Morgan fingerprint density at radius 3 is 2.92 bits per heavy atom. The van der Waals surface area contributed by atoms with Crippen LogP contribution in [0.5, 0.6) is 0 Å². The third-order valence-corrected chi connectivity index (χ3v) is 2.47. The van der Waals surface area contributed by atoms with Crippen molar-refractivity contribution in [2.75, 3.05) is 0 Å². The van der Waals surface area contributed by atoms with Gasteiger partial charge < -0.3 is 5.73 Å². The first-order chi connectivity index (χ1) is 5.77. The zero-order chi connectivity index (χ0) is 8.55. The van der Waals surface area contributed by atoms with Crippen molar-refractivity contribution in [3.05, 3.63) is 35.1 Å². The number of hydrogen-bond donors (Lipinski definition) is 1. The number of halogens is 2. The standard InChI is InChI=1S/C10H12FN.ClH/c11-8-4-5-9-7(6-8)2-1-3-10(9)12;/h4-6,10H,1-3,12H2;1H/t10-;/m0./s1. The van der Waals surface area contributed by atoms with Gasteiger partial charge >= 0.3 is 0 Å². The summed E-state index contributed by atoms with van der Waals surface area (Å²) in [5, 5.41) is 0. The van der Waals surface area contributed by atoms with Gasteiger partial charge in [0.15, 0.2) is 0 Å². The zero-order valence-electron chi connectivity index (χ0n) is 7.29. The number of benzene rings is 1. The Morgan fingerprint density at radius 1 is 1.38 bits per heavy atom. The minimum Gasteiger partial charge on any atom is -0.324 e. The van der Waals surface area contributed by atoms with Crippen molar-refractivity contribution in [3.63, 3.8) is 0 Å². The van der Waals surface area contributed by atoms with Crippen molar-refractivity contribution >= 4 is 12.4 Å². The van der Waals surface area contributed by atoms with Crippen LogP contribution in [0.4, 0.5) is 4.39 Å². The van der Waals surface area contributed by atoms with Gasteiger partial charge in [-0.3, -0.25) is 0 Å². The van der Waals surface area contributed by atoms with E-state index < -0.39 is 0 Å². The van der Waals surface area contributed by atoms with Crippen molar-refractivity contribution in [1.29, 1.82) is 0 Å². The molecule has 1 aromatic rings. The Morgan fingerprint density at radius 2 is 2.15 bits per heavy atom. The molecule has 0 bridgehead atoms. The van der Waals surface area contributed by atoms with Gasteiger partial charge in [-0.15, -0.1) is 12.4 Å². The number of nitrogens with two attached hydrogens (primary N) is 1. The largest absolute Gasteiger partial charge is 0.324 e. The van der Waals surface area contributed by atoms with Crippen LogP contribution in [0.2, 0.25) is 0 Å². The van der Waals surface area contributed by atoms with E-state index in [0.29, 0.717) is 0 Å². The number of aryl methyl sites for hydroxylation is 1. The predicted molar refractivity (Wildman–Crippen MR) is 53.5 cm³/mol. The lowest BCUT2D eigenvalue weighted by Gasteiger charge is -2.21. The summed E-state index contributed by atoms with van der Waals surface area (Å²) in [7, 11) is 0. The van der Waals surface area contributed by atoms with Crippen molar-refractivity contribution in [2.24, 2.45) is 5.73 Å². The number of fused-ring (bicyclic) bond motifs is 1. The second-order valence-corrected chi connectivity index (χ2v) is 3.34. The summed E-state index contributed by atoms with van der Waals surface area (Å²) in [6, 6.07) is 5.03. The van der Waals surface area contributed by atoms with Crippen LogP contribution in [0, 0.1) is 5.82 Å². The van der Waals surface area contributed by atoms with E-state index in [1.807, 2.05) is 6.07 Å². The maximum Gasteiger partial charge on any atom is 0.123 e. The lowest BCUT2D eigenvalue weighted by Crippen LogP contribution is -2.17. The fraction of sp³-hybridized carbons (Fsp3) is 0.400. The Kier molecular flexibility index (Phi) is 3.28. The summed E-state index contributed by atoms with van der Waals surface area (Å²) >= 11 is 0. The molecule has 0 spiro atoms. The molecule has 1 atom stereocenters. The molecular weight excluding hydrogens is 189 g/mol. The molecule has 0 heterocycles. The molecule has 1 aromatic carbocycles. The van der Waals surface area contributed by atoms with E-state index in [4.69, 9.17) is 5.73 Å². The minimum atomic E-state index is -0.150. The summed E-state index contributed by atoms with van der Waals surface area (Å²) < 4.78 is 12.8.